The fourth-order valence-electron chi connectivity index (χ4n) is 1.63. The minimum atomic E-state index is -0.310. The third-order valence-electron chi connectivity index (χ3n) is 2.71. The highest BCUT2D eigenvalue weighted by molar-refractivity contribution is 5.93. The zero-order valence-corrected chi connectivity index (χ0v) is 11.6. The number of nitrogens with zero attached hydrogens (tertiary/aromatic N) is 1. The number of hydrogen-bond donors (Lipinski definition) is 1. The molecular formula is C13H20N2O4. The molecule has 0 unspecified atom stereocenters. The largest absolute Gasteiger partial charge is 0.383 e. The molecule has 19 heavy (non-hydrogen) atoms. The van der Waals surface area contributed by atoms with Crippen molar-refractivity contribution in [1.29, 1.82) is 0 Å². The number of rotatable bonds is 7. The summed E-state index contributed by atoms with van der Waals surface area (Å²) in [6.07, 6.45) is 1.45. The fourth-order valence-corrected chi connectivity index (χ4v) is 1.63. The molecule has 0 spiro atoms. The van der Waals surface area contributed by atoms with Gasteiger partial charge in [0.15, 0.2) is 5.43 Å². The van der Waals surface area contributed by atoms with Gasteiger partial charge in [0.1, 0.15) is 5.56 Å². The molecule has 0 saturated heterocycles. The van der Waals surface area contributed by atoms with Crippen molar-refractivity contribution in [3.63, 3.8) is 0 Å². The molecule has 1 heterocycles. The summed E-state index contributed by atoms with van der Waals surface area (Å²) in [7, 11) is 3.13. The first-order valence-corrected chi connectivity index (χ1v) is 6.06. The molecule has 1 aromatic heterocycles. The van der Waals surface area contributed by atoms with E-state index in [0.29, 0.717) is 26.3 Å². The summed E-state index contributed by atoms with van der Waals surface area (Å²) in [5.41, 5.74) is 0.584. The van der Waals surface area contributed by atoms with Gasteiger partial charge in [-0.15, -0.1) is 0 Å². The number of ether oxygens (including phenoxy) is 2. The summed E-state index contributed by atoms with van der Waals surface area (Å²) in [6.45, 7) is 3.44. The van der Waals surface area contributed by atoms with Crippen LogP contribution in [0.4, 0.5) is 0 Å². The van der Waals surface area contributed by atoms with Crippen LogP contribution in [-0.4, -0.2) is 56.3 Å². The highest BCUT2D eigenvalue weighted by Gasteiger charge is 2.18. The van der Waals surface area contributed by atoms with Gasteiger partial charge < -0.3 is 19.4 Å². The van der Waals surface area contributed by atoms with E-state index in [4.69, 9.17) is 9.47 Å². The summed E-state index contributed by atoms with van der Waals surface area (Å²) >= 11 is 0. The molecule has 0 fully saturated rings. The number of methoxy groups -OCH3 is 2. The minimum absolute atomic E-state index is 0.137. The number of aryl methyl sites for hydroxylation is 1. The molecule has 0 atom stereocenters. The monoisotopic (exact) mass is 268 g/mol. The lowest BCUT2D eigenvalue weighted by atomic mass is 10.2. The molecule has 0 aliphatic heterocycles. The molecule has 0 saturated carbocycles. The van der Waals surface area contributed by atoms with Crippen molar-refractivity contribution in [3.8, 4) is 0 Å². The van der Waals surface area contributed by atoms with Crippen LogP contribution in [-0.2, 0) is 9.47 Å². The van der Waals surface area contributed by atoms with E-state index in [1.54, 1.807) is 26.0 Å². The van der Waals surface area contributed by atoms with Crippen molar-refractivity contribution >= 4 is 5.91 Å². The lowest BCUT2D eigenvalue weighted by molar-refractivity contribution is 0.0625. The number of nitrogens with one attached hydrogen (secondary N) is 1. The van der Waals surface area contributed by atoms with Gasteiger partial charge in [-0.25, -0.2) is 0 Å². The first-order valence-electron chi connectivity index (χ1n) is 6.06. The molecule has 1 aromatic rings. The Labute approximate surface area is 112 Å². The average molecular weight is 268 g/mol. The Morgan fingerprint density at radius 2 is 1.84 bits per heavy atom. The number of amides is 1. The van der Waals surface area contributed by atoms with Crippen molar-refractivity contribution in [2.45, 2.75) is 6.92 Å². The summed E-state index contributed by atoms with van der Waals surface area (Å²) < 4.78 is 9.93. The molecule has 1 N–H and O–H groups in total. The molecule has 0 aliphatic rings. The maximum atomic E-state index is 12.3. The second-order valence-electron chi connectivity index (χ2n) is 4.17. The molecule has 1 amide bonds. The van der Waals surface area contributed by atoms with Crippen molar-refractivity contribution in [2.24, 2.45) is 0 Å². The van der Waals surface area contributed by atoms with Crippen LogP contribution in [0.5, 0.6) is 0 Å². The molecule has 0 aliphatic carbocycles. The van der Waals surface area contributed by atoms with Crippen LogP contribution in [0, 0.1) is 6.92 Å². The Balaban J connectivity index is 2.87. The highest BCUT2D eigenvalue weighted by atomic mass is 16.5. The Morgan fingerprint density at radius 1 is 1.26 bits per heavy atom. The molecule has 0 aromatic carbocycles. The molecule has 106 valence electrons. The van der Waals surface area contributed by atoms with E-state index < -0.39 is 0 Å². The van der Waals surface area contributed by atoms with E-state index in [1.807, 2.05) is 0 Å². The van der Waals surface area contributed by atoms with Crippen molar-refractivity contribution in [2.75, 3.05) is 40.5 Å². The third-order valence-corrected chi connectivity index (χ3v) is 2.71. The number of H-pyrrole nitrogens is 1. The van der Waals surface area contributed by atoms with Gasteiger partial charge in [-0.3, -0.25) is 9.59 Å². The first kappa shape index (κ1) is 15.4. The lowest BCUT2D eigenvalue weighted by Crippen LogP contribution is -2.38. The zero-order chi connectivity index (χ0) is 14.3. The van der Waals surface area contributed by atoms with Gasteiger partial charge in [0.25, 0.3) is 5.91 Å². The standard InChI is InChI=1S/C13H20N2O4/c1-10-8-12(16)11(9-14-10)13(17)15(4-6-18-2)5-7-19-3/h8-9H,4-7H2,1-3H3,(H,14,16). The van der Waals surface area contributed by atoms with Gasteiger partial charge >= 0.3 is 0 Å². The predicted octanol–water partition coefficient (Wildman–Crippen LogP) is 0.418. The number of hydrogen-bond acceptors (Lipinski definition) is 4. The van der Waals surface area contributed by atoms with E-state index in [-0.39, 0.29) is 16.9 Å². The van der Waals surface area contributed by atoms with Gasteiger partial charge in [-0.1, -0.05) is 0 Å². The van der Waals surface area contributed by atoms with E-state index in [2.05, 4.69) is 4.98 Å². The smallest absolute Gasteiger partial charge is 0.259 e. The normalized spacial score (nSPS) is 10.5. The van der Waals surface area contributed by atoms with E-state index in [9.17, 15) is 9.59 Å². The molecule has 6 nitrogen and oxygen atoms in total. The molecule has 0 bridgehead atoms. The van der Waals surface area contributed by atoms with Crippen molar-refractivity contribution < 1.29 is 14.3 Å². The van der Waals surface area contributed by atoms with Gasteiger partial charge in [0.2, 0.25) is 0 Å². The third kappa shape index (κ3) is 4.50. The average Bonchev–Trinajstić information content (AvgIpc) is 2.38. The van der Waals surface area contributed by atoms with Crippen molar-refractivity contribution in [1.82, 2.24) is 9.88 Å². The van der Waals surface area contributed by atoms with E-state index >= 15 is 0 Å². The fraction of sp³-hybridized carbons (Fsp3) is 0.538. The Bertz CT molecular complexity index is 462. The van der Waals surface area contributed by atoms with E-state index in [1.165, 1.54) is 12.3 Å². The van der Waals surface area contributed by atoms with Gasteiger partial charge in [0, 0.05) is 45.3 Å². The predicted molar refractivity (Wildman–Crippen MR) is 71.5 cm³/mol. The van der Waals surface area contributed by atoms with Crippen LogP contribution in [0.25, 0.3) is 0 Å². The maximum absolute atomic E-state index is 12.3. The topological polar surface area (TPSA) is 71.6 Å². The highest BCUT2D eigenvalue weighted by Crippen LogP contribution is 2.00. The van der Waals surface area contributed by atoms with Gasteiger partial charge in [0.05, 0.1) is 13.2 Å². The van der Waals surface area contributed by atoms with Crippen LogP contribution in [0.2, 0.25) is 0 Å². The molecule has 0 radical (unpaired) electrons. The summed E-state index contributed by atoms with van der Waals surface area (Å²) in [4.78, 5) is 28.5. The molecule has 1 rings (SSSR count). The van der Waals surface area contributed by atoms with Crippen molar-refractivity contribution in [3.05, 3.63) is 33.7 Å². The number of pyridine rings is 1. The van der Waals surface area contributed by atoms with Gasteiger partial charge in [-0.2, -0.15) is 0 Å². The second-order valence-corrected chi connectivity index (χ2v) is 4.17. The number of carbonyl (C=O) groups is 1. The number of aromatic nitrogens is 1. The number of aromatic amines is 1. The van der Waals surface area contributed by atoms with Gasteiger partial charge in [-0.05, 0) is 6.92 Å². The van der Waals surface area contributed by atoms with Crippen LogP contribution in [0.15, 0.2) is 17.1 Å². The van der Waals surface area contributed by atoms with Crippen LogP contribution < -0.4 is 5.43 Å². The first-order chi connectivity index (χ1) is 9.10. The quantitative estimate of drug-likeness (QED) is 0.778. The summed E-state index contributed by atoms with van der Waals surface area (Å²) in [5.74, 6) is -0.310. The van der Waals surface area contributed by atoms with Crippen LogP contribution >= 0.6 is 0 Å². The second kappa shape index (κ2) is 7.70. The summed E-state index contributed by atoms with van der Waals surface area (Å²) in [5, 5.41) is 0. The Morgan fingerprint density at radius 3 is 2.32 bits per heavy atom. The maximum Gasteiger partial charge on any atom is 0.259 e. The Hall–Kier alpha value is -1.66. The zero-order valence-electron chi connectivity index (χ0n) is 11.6. The molecular weight excluding hydrogens is 248 g/mol. The SMILES string of the molecule is COCCN(CCOC)C(=O)c1c[nH]c(C)cc1=O. The lowest BCUT2D eigenvalue weighted by Gasteiger charge is -2.21. The van der Waals surface area contributed by atoms with Crippen LogP contribution in [0.3, 0.4) is 0 Å². The number of carbonyl (C=O) groups excluding carboxylic acids is 1. The van der Waals surface area contributed by atoms with Crippen LogP contribution in [0.1, 0.15) is 16.1 Å². The minimum Gasteiger partial charge on any atom is -0.383 e. The Kier molecular flexibility index (Phi) is 6.24. The van der Waals surface area contributed by atoms with E-state index in [0.717, 1.165) is 5.69 Å². The molecule has 6 heteroatoms. The summed E-state index contributed by atoms with van der Waals surface area (Å²) in [6, 6.07) is 1.41.